The molecule has 0 fully saturated rings. The normalized spacial score (nSPS) is 5.14. The van der Waals surface area contributed by atoms with Gasteiger partial charge in [0.25, 0.3) is 0 Å². The second-order valence-corrected chi connectivity index (χ2v) is 0.632. The molecule has 7 heavy (non-hydrogen) atoms. The summed E-state index contributed by atoms with van der Waals surface area (Å²) in [7, 11) is 0. The van der Waals surface area contributed by atoms with Gasteiger partial charge in [-0.05, 0) is 13.8 Å². The Morgan fingerprint density at radius 3 is 1.00 bits per heavy atom. The van der Waals surface area contributed by atoms with E-state index in [1.807, 2.05) is 0 Å². The molecule has 0 aliphatic heterocycles. The van der Waals surface area contributed by atoms with Crippen LogP contribution in [-0.2, 0) is 19.5 Å². The first-order chi connectivity index (χ1) is 2.83. The van der Waals surface area contributed by atoms with Crippen LogP contribution in [0.2, 0.25) is 0 Å². The first-order valence-corrected chi connectivity index (χ1v) is 2.05. The molecule has 0 saturated heterocycles. The number of aliphatic hydroxyl groups is 2. The molecule has 0 radical (unpaired) electrons. The van der Waals surface area contributed by atoms with Gasteiger partial charge in [0.2, 0.25) is 0 Å². The van der Waals surface area contributed by atoms with Crippen molar-refractivity contribution in [1.29, 1.82) is 0 Å². The summed E-state index contributed by atoms with van der Waals surface area (Å²) in [6, 6.07) is 0. The molecule has 0 aliphatic carbocycles. The third-order valence-electron chi connectivity index (χ3n) is 0. The standard InChI is InChI=1S/2C2H6O.Ru/c2*1-2-3;/h2*3H,2H2,1H3;. The maximum Gasteiger partial charge on any atom is 0.0402 e. The Bertz CT molecular complexity index is 11.7. The van der Waals surface area contributed by atoms with Gasteiger partial charge in [-0.1, -0.05) is 0 Å². The van der Waals surface area contributed by atoms with Crippen molar-refractivity contribution in [3.63, 3.8) is 0 Å². The van der Waals surface area contributed by atoms with E-state index in [0.717, 1.165) is 0 Å². The van der Waals surface area contributed by atoms with Gasteiger partial charge in [-0.2, -0.15) is 0 Å². The minimum atomic E-state index is 0. The fourth-order valence-electron chi connectivity index (χ4n) is 0. The Kier molecular flexibility index (Phi) is 69.5. The van der Waals surface area contributed by atoms with Crippen LogP contribution in [-0.4, -0.2) is 23.4 Å². The topological polar surface area (TPSA) is 40.5 Å². The van der Waals surface area contributed by atoms with Crippen molar-refractivity contribution in [2.24, 2.45) is 0 Å². The van der Waals surface area contributed by atoms with Crippen LogP contribution in [0.1, 0.15) is 13.8 Å². The molecule has 0 aromatic rings. The van der Waals surface area contributed by atoms with Gasteiger partial charge in [-0.25, -0.2) is 0 Å². The molecule has 0 atom stereocenters. The molecule has 48 valence electrons. The second kappa shape index (κ2) is 31.1. The Morgan fingerprint density at radius 2 is 1.00 bits per heavy atom. The maximum absolute atomic E-state index is 7.57. The summed E-state index contributed by atoms with van der Waals surface area (Å²) in [4.78, 5) is 0. The van der Waals surface area contributed by atoms with E-state index in [2.05, 4.69) is 0 Å². The van der Waals surface area contributed by atoms with Crippen molar-refractivity contribution in [3.05, 3.63) is 0 Å². The van der Waals surface area contributed by atoms with Crippen LogP contribution in [0.15, 0.2) is 0 Å². The van der Waals surface area contributed by atoms with E-state index in [1.54, 1.807) is 13.8 Å². The van der Waals surface area contributed by atoms with Crippen LogP contribution in [0.3, 0.4) is 0 Å². The fourth-order valence-corrected chi connectivity index (χ4v) is 0. The molecular weight excluding hydrogens is 181 g/mol. The van der Waals surface area contributed by atoms with E-state index in [4.69, 9.17) is 10.2 Å². The third-order valence-corrected chi connectivity index (χ3v) is 0. The zero-order valence-corrected chi connectivity index (χ0v) is 6.40. The maximum atomic E-state index is 7.57. The Hall–Kier alpha value is 0.543. The minimum absolute atomic E-state index is 0. The number of hydrogen-bond donors (Lipinski definition) is 2. The predicted molar refractivity (Wildman–Crippen MR) is 25.5 cm³/mol. The molecule has 2 N–H and O–H groups in total. The average Bonchev–Trinajstić information content (AvgIpc) is 1.39. The first-order valence-electron chi connectivity index (χ1n) is 2.05. The fraction of sp³-hybridized carbons (Fsp3) is 1.00. The molecule has 0 aromatic carbocycles. The monoisotopic (exact) mass is 194 g/mol. The smallest absolute Gasteiger partial charge is 0.0402 e. The van der Waals surface area contributed by atoms with Crippen LogP contribution in [0.25, 0.3) is 0 Å². The van der Waals surface area contributed by atoms with Crippen molar-refractivity contribution >= 4 is 0 Å². The second-order valence-electron chi connectivity index (χ2n) is 0.632. The van der Waals surface area contributed by atoms with Crippen molar-refractivity contribution in [2.45, 2.75) is 13.8 Å². The van der Waals surface area contributed by atoms with Crippen LogP contribution in [0, 0.1) is 0 Å². The van der Waals surface area contributed by atoms with Gasteiger partial charge in [0.15, 0.2) is 0 Å². The largest absolute Gasteiger partial charge is 0.397 e. The molecular formula is C4H12O2Ru. The molecule has 0 amide bonds. The van der Waals surface area contributed by atoms with E-state index in [0.29, 0.717) is 0 Å². The van der Waals surface area contributed by atoms with Gasteiger partial charge in [-0.3, -0.25) is 0 Å². The quantitative estimate of drug-likeness (QED) is 0.531. The van der Waals surface area contributed by atoms with E-state index >= 15 is 0 Å². The Morgan fingerprint density at radius 1 is 1.00 bits per heavy atom. The molecule has 0 heterocycles. The van der Waals surface area contributed by atoms with Crippen LogP contribution in [0.5, 0.6) is 0 Å². The average molecular weight is 193 g/mol. The van der Waals surface area contributed by atoms with Gasteiger partial charge in [0.1, 0.15) is 0 Å². The molecule has 0 saturated carbocycles. The van der Waals surface area contributed by atoms with Gasteiger partial charge < -0.3 is 10.2 Å². The van der Waals surface area contributed by atoms with Crippen LogP contribution >= 0.6 is 0 Å². The summed E-state index contributed by atoms with van der Waals surface area (Å²) in [5, 5.41) is 15.1. The Labute approximate surface area is 57.3 Å². The Balaban J connectivity index is -0.0000000400. The van der Waals surface area contributed by atoms with Crippen molar-refractivity contribution in [2.75, 3.05) is 13.2 Å². The van der Waals surface area contributed by atoms with Crippen molar-refractivity contribution < 1.29 is 29.7 Å². The van der Waals surface area contributed by atoms with Gasteiger partial charge in [0, 0.05) is 32.7 Å². The summed E-state index contributed by atoms with van der Waals surface area (Å²) >= 11 is 0. The van der Waals surface area contributed by atoms with E-state index in [1.165, 1.54) is 0 Å². The third kappa shape index (κ3) is 457. The van der Waals surface area contributed by atoms with Gasteiger partial charge >= 0.3 is 0 Å². The molecule has 0 aromatic heterocycles. The summed E-state index contributed by atoms with van der Waals surface area (Å²) in [6.07, 6.45) is 0. The van der Waals surface area contributed by atoms with Crippen molar-refractivity contribution in [1.82, 2.24) is 0 Å². The van der Waals surface area contributed by atoms with Crippen LogP contribution < -0.4 is 0 Å². The summed E-state index contributed by atoms with van der Waals surface area (Å²) in [5.74, 6) is 0. The molecule has 2 nitrogen and oxygen atoms in total. The zero-order valence-electron chi connectivity index (χ0n) is 4.66. The van der Waals surface area contributed by atoms with Crippen LogP contribution in [0.4, 0.5) is 0 Å². The van der Waals surface area contributed by atoms with E-state index < -0.39 is 0 Å². The van der Waals surface area contributed by atoms with Gasteiger partial charge in [-0.15, -0.1) is 0 Å². The molecule has 0 rings (SSSR count). The zero-order chi connectivity index (χ0) is 5.41. The molecule has 0 aliphatic rings. The number of hydrogen-bond acceptors (Lipinski definition) is 2. The van der Waals surface area contributed by atoms with E-state index in [9.17, 15) is 0 Å². The molecule has 0 unspecified atom stereocenters. The molecule has 0 spiro atoms. The number of aliphatic hydroxyl groups excluding tert-OH is 2. The summed E-state index contributed by atoms with van der Waals surface area (Å²) < 4.78 is 0. The molecule has 3 heteroatoms. The number of rotatable bonds is 0. The summed E-state index contributed by atoms with van der Waals surface area (Å²) in [6.45, 7) is 3.86. The van der Waals surface area contributed by atoms with Gasteiger partial charge in [0.05, 0.1) is 0 Å². The predicted octanol–water partition coefficient (Wildman–Crippen LogP) is -0.00530. The van der Waals surface area contributed by atoms with E-state index in [-0.39, 0.29) is 32.7 Å². The minimum Gasteiger partial charge on any atom is -0.397 e. The SMILES string of the molecule is CCO.CCO.[Ru]. The van der Waals surface area contributed by atoms with Crippen molar-refractivity contribution in [3.8, 4) is 0 Å². The summed E-state index contributed by atoms with van der Waals surface area (Å²) in [5.41, 5.74) is 0. The first kappa shape index (κ1) is 15.6. The molecule has 0 bridgehead atoms.